The molecule has 0 nitrogen and oxygen atoms in total. The van der Waals surface area contributed by atoms with Gasteiger partial charge in [-0.15, -0.1) is 0 Å². The highest BCUT2D eigenvalue weighted by atomic mass is 14.3. The van der Waals surface area contributed by atoms with Gasteiger partial charge in [0.05, 0.1) is 0 Å². The molecular weight excluding hydrogens is 324 g/mol. The molecule has 0 bridgehead atoms. The third-order valence-corrected chi connectivity index (χ3v) is 6.14. The van der Waals surface area contributed by atoms with Crippen molar-refractivity contribution in [1.82, 2.24) is 0 Å². The van der Waals surface area contributed by atoms with Gasteiger partial charge in [-0.05, 0) is 73.6 Å². The zero-order valence-electron chi connectivity index (χ0n) is 17.5. The maximum absolute atomic E-state index is 2.38. The van der Waals surface area contributed by atoms with Gasteiger partial charge in [0.1, 0.15) is 0 Å². The van der Waals surface area contributed by atoms with Gasteiger partial charge in [0.2, 0.25) is 0 Å². The molecule has 2 aromatic rings. The number of unbranched alkanes of at least 4 members (excludes halogenated alkanes) is 2. The van der Waals surface area contributed by atoms with E-state index in [-0.39, 0.29) is 0 Å². The van der Waals surface area contributed by atoms with Gasteiger partial charge in [0.15, 0.2) is 0 Å². The van der Waals surface area contributed by atoms with Crippen molar-refractivity contribution < 1.29 is 0 Å². The van der Waals surface area contributed by atoms with Crippen molar-refractivity contribution in [2.75, 3.05) is 0 Å². The summed E-state index contributed by atoms with van der Waals surface area (Å²) in [5.74, 6) is 1.77. The Kier molecular flexibility index (Phi) is 7.33. The Morgan fingerprint density at radius 2 is 1.41 bits per heavy atom. The van der Waals surface area contributed by atoms with Crippen molar-refractivity contribution >= 4 is 6.08 Å². The molecule has 0 aromatic heterocycles. The minimum Gasteiger partial charge on any atom is -0.0758 e. The quantitative estimate of drug-likeness (QED) is 0.433. The van der Waals surface area contributed by atoms with Gasteiger partial charge < -0.3 is 0 Å². The molecule has 144 valence electrons. The van der Waals surface area contributed by atoms with E-state index in [0.717, 1.165) is 11.8 Å². The van der Waals surface area contributed by atoms with E-state index in [9.17, 15) is 0 Å². The van der Waals surface area contributed by atoms with Crippen molar-refractivity contribution in [3.8, 4) is 11.1 Å². The van der Waals surface area contributed by atoms with Crippen LogP contribution in [0.5, 0.6) is 0 Å². The van der Waals surface area contributed by atoms with Gasteiger partial charge >= 0.3 is 0 Å². The number of hydrogen-bond donors (Lipinski definition) is 0. The number of allylic oxidation sites excluding steroid dienone is 1. The van der Waals surface area contributed by atoms with E-state index in [2.05, 4.69) is 75.4 Å². The fourth-order valence-corrected chi connectivity index (χ4v) is 4.52. The van der Waals surface area contributed by atoms with Crippen LogP contribution in [0.2, 0.25) is 0 Å². The SMILES string of the molecule is CCCCCC1CCC(c2ccc(-c3ccc(C=C(C)C)cc3)cc2)CC1. The summed E-state index contributed by atoms with van der Waals surface area (Å²) in [6, 6.07) is 18.3. The molecule has 0 heteroatoms. The van der Waals surface area contributed by atoms with Gasteiger partial charge in [0.25, 0.3) is 0 Å². The van der Waals surface area contributed by atoms with Crippen LogP contribution in [0.25, 0.3) is 17.2 Å². The second-order valence-corrected chi connectivity index (χ2v) is 8.68. The Labute approximate surface area is 166 Å². The zero-order chi connectivity index (χ0) is 19.1. The normalized spacial score (nSPS) is 19.7. The van der Waals surface area contributed by atoms with E-state index in [1.807, 2.05) is 0 Å². The first-order valence-electron chi connectivity index (χ1n) is 11.0. The molecule has 1 aliphatic rings. The third kappa shape index (κ3) is 5.83. The first kappa shape index (κ1) is 19.9. The molecule has 0 amide bonds. The van der Waals surface area contributed by atoms with Crippen molar-refractivity contribution in [1.29, 1.82) is 0 Å². The molecule has 0 spiro atoms. The average molecular weight is 361 g/mol. The Morgan fingerprint density at radius 3 is 1.96 bits per heavy atom. The molecule has 0 unspecified atom stereocenters. The molecule has 27 heavy (non-hydrogen) atoms. The molecule has 0 aliphatic heterocycles. The fraction of sp³-hybridized carbons (Fsp3) is 0.481. The largest absolute Gasteiger partial charge is 0.0758 e. The molecular formula is C27H36. The average Bonchev–Trinajstić information content (AvgIpc) is 2.69. The van der Waals surface area contributed by atoms with Crippen LogP contribution < -0.4 is 0 Å². The van der Waals surface area contributed by atoms with Crippen molar-refractivity contribution in [2.24, 2.45) is 5.92 Å². The van der Waals surface area contributed by atoms with Gasteiger partial charge in [-0.2, -0.15) is 0 Å². The van der Waals surface area contributed by atoms with Crippen LogP contribution in [0.15, 0.2) is 54.1 Å². The van der Waals surface area contributed by atoms with E-state index in [0.29, 0.717) is 0 Å². The topological polar surface area (TPSA) is 0 Å². The van der Waals surface area contributed by atoms with Crippen LogP contribution >= 0.6 is 0 Å². The Bertz CT molecular complexity index is 706. The monoisotopic (exact) mass is 360 g/mol. The van der Waals surface area contributed by atoms with Crippen molar-refractivity contribution in [3.05, 3.63) is 65.2 Å². The molecule has 0 saturated heterocycles. The highest BCUT2D eigenvalue weighted by Gasteiger charge is 2.21. The van der Waals surface area contributed by atoms with Crippen molar-refractivity contribution in [2.45, 2.75) is 78.1 Å². The van der Waals surface area contributed by atoms with E-state index >= 15 is 0 Å². The molecule has 2 aromatic carbocycles. The minimum atomic E-state index is 0.779. The Hall–Kier alpha value is -1.82. The summed E-state index contributed by atoms with van der Waals surface area (Å²) in [5, 5.41) is 0. The lowest BCUT2D eigenvalue weighted by Gasteiger charge is -2.29. The number of hydrogen-bond acceptors (Lipinski definition) is 0. The van der Waals surface area contributed by atoms with E-state index in [1.54, 1.807) is 5.56 Å². The Balaban J connectivity index is 1.57. The second kappa shape index (κ2) is 9.93. The van der Waals surface area contributed by atoms with Crippen LogP contribution in [0.3, 0.4) is 0 Å². The predicted octanol–water partition coefficient (Wildman–Crippen LogP) is 8.63. The number of rotatable bonds is 7. The summed E-state index contributed by atoms with van der Waals surface area (Å²) >= 11 is 0. The molecule has 0 heterocycles. The maximum Gasteiger partial charge on any atom is -0.0162 e. The summed E-state index contributed by atoms with van der Waals surface area (Å²) in [7, 11) is 0. The van der Waals surface area contributed by atoms with Crippen molar-refractivity contribution in [3.63, 3.8) is 0 Å². The maximum atomic E-state index is 2.38. The molecule has 0 atom stereocenters. The van der Waals surface area contributed by atoms with E-state index in [1.165, 1.54) is 73.6 Å². The molecule has 1 fully saturated rings. The lowest BCUT2D eigenvalue weighted by atomic mass is 9.77. The highest BCUT2D eigenvalue weighted by molar-refractivity contribution is 5.66. The second-order valence-electron chi connectivity index (χ2n) is 8.68. The summed E-state index contributed by atoms with van der Waals surface area (Å²) in [4.78, 5) is 0. The molecule has 1 aliphatic carbocycles. The fourth-order valence-electron chi connectivity index (χ4n) is 4.52. The first-order valence-corrected chi connectivity index (χ1v) is 11.0. The summed E-state index contributed by atoms with van der Waals surface area (Å²) in [6.45, 7) is 6.59. The summed E-state index contributed by atoms with van der Waals surface area (Å²) in [6.07, 6.45) is 13.5. The lowest BCUT2D eigenvalue weighted by molar-refractivity contribution is 0.303. The molecule has 0 radical (unpaired) electrons. The predicted molar refractivity (Wildman–Crippen MR) is 120 cm³/mol. The summed E-state index contributed by atoms with van der Waals surface area (Å²) in [5.41, 5.74) is 6.81. The zero-order valence-corrected chi connectivity index (χ0v) is 17.5. The summed E-state index contributed by atoms with van der Waals surface area (Å²) < 4.78 is 0. The third-order valence-electron chi connectivity index (χ3n) is 6.14. The Morgan fingerprint density at radius 1 is 0.815 bits per heavy atom. The minimum absolute atomic E-state index is 0.779. The molecule has 1 saturated carbocycles. The molecule has 0 N–H and O–H groups in total. The first-order chi connectivity index (χ1) is 13.2. The van der Waals surface area contributed by atoms with E-state index in [4.69, 9.17) is 0 Å². The van der Waals surface area contributed by atoms with Gasteiger partial charge in [0, 0.05) is 0 Å². The van der Waals surface area contributed by atoms with Gasteiger partial charge in [-0.25, -0.2) is 0 Å². The standard InChI is InChI=1S/C27H36/c1-4-5-6-7-22-8-12-24(13-9-22)26-16-18-27(19-17-26)25-14-10-23(11-15-25)20-21(2)3/h10-11,14-20,22,24H,4-9,12-13H2,1-3H3. The molecule has 3 rings (SSSR count). The highest BCUT2D eigenvalue weighted by Crippen LogP contribution is 2.38. The van der Waals surface area contributed by atoms with Crippen LogP contribution in [0, 0.1) is 5.92 Å². The number of benzene rings is 2. The van der Waals surface area contributed by atoms with Crippen LogP contribution in [-0.2, 0) is 0 Å². The van der Waals surface area contributed by atoms with Crippen LogP contribution in [0.1, 0.15) is 89.2 Å². The van der Waals surface area contributed by atoms with Gasteiger partial charge in [-0.1, -0.05) is 92.8 Å². The van der Waals surface area contributed by atoms with E-state index < -0.39 is 0 Å². The van der Waals surface area contributed by atoms with Gasteiger partial charge in [-0.3, -0.25) is 0 Å². The lowest BCUT2D eigenvalue weighted by Crippen LogP contribution is -2.13. The van der Waals surface area contributed by atoms with Crippen LogP contribution in [-0.4, -0.2) is 0 Å². The smallest absolute Gasteiger partial charge is 0.0162 e. The van der Waals surface area contributed by atoms with Crippen LogP contribution in [0.4, 0.5) is 0 Å².